The van der Waals surface area contributed by atoms with Crippen molar-refractivity contribution >= 4 is 5.91 Å². The molecule has 0 unspecified atom stereocenters. The van der Waals surface area contributed by atoms with E-state index < -0.39 is 0 Å². The Hall–Kier alpha value is -1.31. The van der Waals surface area contributed by atoms with Crippen LogP contribution in [-0.2, 0) is 4.79 Å². The van der Waals surface area contributed by atoms with Crippen molar-refractivity contribution in [2.75, 3.05) is 0 Å². The van der Waals surface area contributed by atoms with Gasteiger partial charge in [-0.2, -0.15) is 0 Å². The molecular weight excluding hydrogens is 222 g/mol. The maximum atomic E-state index is 12.1. The van der Waals surface area contributed by atoms with Crippen LogP contribution >= 0.6 is 0 Å². The molecule has 1 aromatic carbocycles. The van der Waals surface area contributed by atoms with E-state index in [0.29, 0.717) is 5.92 Å². The second-order valence-electron chi connectivity index (χ2n) is 6.03. The van der Waals surface area contributed by atoms with E-state index in [4.69, 9.17) is 0 Å². The lowest BCUT2D eigenvalue weighted by atomic mass is 9.75. The number of carbonyl (C=O) groups excluding carboxylic acids is 1. The van der Waals surface area contributed by atoms with Crippen LogP contribution in [0.4, 0.5) is 0 Å². The predicted molar refractivity (Wildman–Crippen MR) is 72.4 cm³/mol. The highest BCUT2D eigenvalue weighted by Crippen LogP contribution is 2.49. The summed E-state index contributed by atoms with van der Waals surface area (Å²) in [4.78, 5) is 12.1. The first-order chi connectivity index (χ1) is 8.62. The Morgan fingerprint density at radius 2 is 1.78 bits per heavy atom. The average Bonchev–Trinajstić information content (AvgIpc) is 2.89. The Morgan fingerprint density at radius 1 is 1.17 bits per heavy atom. The average molecular weight is 243 g/mol. The minimum atomic E-state index is 0.0474. The van der Waals surface area contributed by atoms with Gasteiger partial charge in [-0.25, -0.2) is 0 Å². The van der Waals surface area contributed by atoms with Gasteiger partial charge in [0.15, 0.2) is 0 Å². The molecule has 1 saturated carbocycles. The van der Waals surface area contributed by atoms with Gasteiger partial charge in [-0.05, 0) is 25.3 Å². The summed E-state index contributed by atoms with van der Waals surface area (Å²) in [5, 5.41) is 3.30. The molecule has 1 spiro atoms. The summed E-state index contributed by atoms with van der Waals surface area (Å²) < 4.78 is 0. The quantitative estimate of drug-likeness (QED) is 0.806. The third-order valence-electron chi connectivity index (χ3n) is 4.81. The molecule has 0 bridgehead atoms. The molecule has 96 valence electrons. The topological polar surface area (TPSA) is 29.1 Å². The molecule has 18 heavy (non-hydrogen) atoms. The van der Waals surface area contributed by atoms with Gasteiger partial charge in [0, 0.05) is 17.4 Å². The molecule has 3 rings (SSSR count). The summed E-state index contributed by atoms with van der Waals surface area (Å²) in [6.07, 6.45) is 4.77. The fraction of sp³-hybridized carbons (Fsp3) is 0.562. The number of hydrogen-bond acceptors (Lipinski definition) is 1. The normalized spacial score (nSPS) is 29.8. The van der Waals surface area contributed by atoms with Gasteiger partial charge in [0.1, 0.15) is 0 Å². The largest absolute Gasteiger partial charge is 0.350 e. The molecule has 1 heterocycles. The van der Waals surface area contributed by atoms with Crippen LogP contribution in [-0.4, -0.2) is 11.4 Å². The van der Waals surface area contributed by atoms with Crippen LogP contribution in [0, 0.1) is 12.8 Å². The van der Waals surface area contributed by atoms with E-state index in [0.717, 1.165) is 12.8 Å². The second kappa shape index (κ2) is 4.11. The molecule has 1 amide bonds. The summed E-state index contributed by atoms with van der Waals surface area (Å²) in [5.41, 5.74) is 2.66. The zero-order valence-corrected chi connectivity index (χ0v) is 11.2. The molecule has 1 aliphatic heterocycles. The number of benzene rings is 1. The number of carbonyl (C=O) groups is 1. The highest BCUT2D eigenvalue weighted by molar-refractivity contribution is 5.84. The fourth-order valence-corrected chi connectivity index (χ4v) is 3.89. The standard InChI is InChI=1S/C16H21NO/c1-11-5-7-13(8-6-11)14-12(2)15(18)17-16(14)9-3-4-10-16/h5-8,12,14H,3-4,9-10H2,1-2H3,(H,17,18)/t12-,14+/m0/s1. The van der Waals surface area contributed by atoms with E-state index in [9.17, 15) is 4.79 Å². The van der Waals surface area contributed by atoms with Gasteiger partial charge in [-0.1, -0.05) is 49.6 Å². The van der Waals surface area contributed by atoms with Crippen molar-refractivity contribution in [3.8, 4) is 0 Å². The molecule has 0 radical (unpaired) electrons. The highest BCUT2D eigenvalue weighted by atomic mass is 16.2. The molecule has 0 aromatic heterocycles. The second-order valence-corrected chi connectivity index (χ2v) is 6.03. The highest BCUT2D eigenvalue weighted by Gasteiger charge is 2.52. The molecule has 2 nitrogen and oxygen atoms in total. The van der Waals surface area contributed by atoms with Gasteiger partial charge in [-0.15, -0.1) is 0 Å². The first-order valence-electron chi connectivity index (χ1n) is 7.01. The van der Waals surface area contributed by atoms with Crippen LogP contribution in [0.5, 0.6) is 0 Å². The summed E-state index contributed by atoms with van der Waals surface area (Å²) >= 11 is 0. The van der Waals surface area contributed by atoms with E-state index in [1.54, 1.807) is 0 Å². The monoisotopic (exact) mass is 243 g/mol. The SMILES string of the molecule is Cc1ccc([C@H]2[C@H](C)C(=O)NC23CCCC3)cc1. The third-order valence-corrected chi connectivity index (χ3v) is 4.81. The Morgan fingerprint density at radius 3 is 2.39 bits per heavy atom. The van der Waals surface area contributed by atoms with Gasteiger partial charge in [0.2, 0.25) is 5.91 Å². The van der Waals surface area contributed by atoms with Gasteiger partial charge in [0.25, 0.3) is 0 Å². The third kappa shape index (κ3) is 1.66. The minimum absolute atomic E-state index is 0.0474. The van der Waals surface area contributed by atoms with E-state index in [-0.39, 0.29) is 17.4 Å². The molecule has 2 heteroatoms. The van der Waals surface area contributed by atoms with Gasteiger partial charge < -0.3 is 5.32 Å². The zero-order chi connectivity index (χ0) is 12.8. The van der Waals surface area contributed by atoms with E-state index in [2.05, 4.69) is 43.4 Å². The van der Waals surface area contributed by atoms with E-state index in [1.165, 1.54) is 24.0 Å². The van der Waals surface area contributed by atoms with E-state index >= 15 is 0 Å². The van der Waals surface area contributed by atoms with E-state index in [1.807, 2.05) is 0 Å². The predicted octanol–water partition coefficient (Wildman–Crippen LogP) is 3.16. The van der Waals surface area contributed by atoms with Crippen molar-refractivity contribution in [3.63, 3.8) is 0 Å². The lowest BCUT2D eigenvalue weighted by Gasteiger charge is -2.32. The zero-order valence-electron chi connectivity index (χ0n) is 11.2. The van der Waals surface area contributed by atoms with Crippen LogP contribution in [0.25, 0.3) is 0 Å². The molecule has 2 atom stereocenters. The molecule has 1 aliphatic carbocycles. The number of rotatable bonds is 1. The maximum absolute atomic E-state index is 12.1. The van der Waals surface area contributed by atoms with Crippen molar-refractivity contribution in [2.24, 2.45) is 5.92 Å². The first kappa shape index (κ1) is 11.8. The Balaban J connectivity index is 2.01. The lowest BCUT2D eigenvalue weighted by Crippen LogP contribution is -2.42. The molecule has 1 saturated heterocycles. The van der Waals surface area contributed by atoms with Crippen molar-refractivity contribution in [1.29, 1.82) is 0 Å². The summed E-state index contributed by atoms with van der Waals surface area (Å²) in [7, 11) is 0. The van der Waals surface area contributed by atoms with Gasteiger partial charge in [-0.3, -0.25) is 4.79 Å². The summed E-state index contributed by atoms with van der Waals surface area (Å²) in [5.74, 6) is 0.696. The molecular formula is C16H21NO. The number of hydrogen-bond donors (Lipinski definition) is 1. The van der Waals surface area contributed by atoms with Crippen LogP contribution in [0.1, 0.15) is 49.7 Å². The molecule has 1 N–H and O–H groups in total. The van der Waals surface area contributed by atoms with Gasteiger partial charge in [0.05, 0.1) is 0 Å². The van der Waals surface area contributed by atoms with Crippen molar-refractivity contribution in [1.82, 2.24) is 5.32 Å². The molecule has 1 aromatic rings. The maximum Gasteiger partial charge on any atom is 0.223 e. The number of aryl methyl sites for hydroxylation is 1. The van der Waals surface area contributed by atoms with Crippen LogP contribution < -0.4 is 5.32 Å². The molecule has 2 fully saturated rings. The van der Waals surface area contributed by atoms with Gasteiger partial charge >= 0.3 is 0 Å². The van der Waals surface area contributed by atoms with Crippen LogP contribution in [0.15, 0.2) is 24.3 Å². The minimum Gasteiger partial charge on any atom is -0.350 e. The summed E-state index contributed by atoms with van der Waals surface area (Å²) in [6, 6.07) is 8.73. The van der Waals surface area contributed by atoms with Crippen LogP contribution in [0.3, 0.4) is 0 Å². The summed E-state index contributed by atoms with van der Waals surface area (Å²) in [6.45, 7) is 4.18. The van der Waals surface area contributed by atoms with Crippen molar-refractivity contribution in [2.45, 2.75) is 51.0 Å². The number of amides is 1. The smallest absolute Gasteiger partial charge is 0.223 e. The first-order valence-corrected chi connectivity index (χ1v) is 7.01. The Kier molecular flexibility index (Phi) is 2.69. The Bertz CT molecular complexity index is 456. The fourth-order valence-electron chi connectivity index (χ4n) is 3.89. The molecule has 2 aliphatic rings. The lowest BCUT2D eigenvalue weighted by molar-refractivity contribution is -0.122. The van der Waals surface area contributed by atoms with Crippen LogP contribution in [0.2, 0.25) is 0 Å². The van der Waals surface area contributed by atoms with Crippen molar-refractivity contribution in [3.05, 3.63) is 35.4 Å². The Labute approximate surface area is 109 Å². The van der Waals surface area contributed by atoms with Crippen molar-refractivity contribution < 1.29 is 4.79 Å². The number of nitrogens with one attached hydrogen (secondary N) is 1.